The van der Waals surface area contributed by atoms with E-state index >= 15 is 0 Å². The van der Waals surface area contributed by atoms with Crippen molar-refractivity contribution in [1.29, 1.82) is 0 Å². The Morgan fingerprint density at radius 1 is 0.640 bits per heavy atom. The highest BCUT2D eigenvalue weighted by Gasteiger charge is 1.97. The molecule has 8 N–H and O–H groups in total. The normalized spacial score (nSPS) is 10.9. The molecule has 2 aromatic carbocycles. The van der Waals surface area contributed by atoms with E-state index in [-0.39, 0.29) is 11.9 Å². The molecule has 8 heteroatoms. The third-order valence-corrected chi connectivity index (χ3v) is 3.13. The Bertz CT molecular complexity index is 724. The molecule has 8 nitrogen and oxygen atoms in total. The molecule has 128 valence electrons. The monoisotopic (exact) mass is 336 g/mol. The minimum atomic E-state index is -0.0698. The summed E-state index contributed by atoms with van der Waals surface area (Å²) >= 11 is 0. The molecule has 0 fully saturated rings. The molecule has 0 aliphatic heterocycles. The van der Waals surface area contributed by atoms with Gasteiger partial charge in [0, 0.05) is 0 Å². The van der Waals surface area contributed by atoms with Crippen LogP contribution in [0.25, 0.3) is 0 Å². The van der Waals surface area contributed by atoms with Gasteiger partial charge in [-0.25, -0.2) is 0 Å². The van der Waals surface area contributed by atoms with Gasteiger partial charge in [-0.15, -0.1) is 10.2 Å². The van der Waals surface area contributed by atoms with Crippen LogP contribution in [0.2, 0.25) is 0 Å². The van der Waals surface area contributed by atoms with Crippen LogP contribution in [0, 0.1) is 0 Å². The quantitative estimate of drug-likeness (QED) is 0.344. The molecule has 25 heavy (non-hydrogen) atoms. The second-order valence-corrected chi connectivity index (χ2v) is 5.20. The van der Waals surface area contributed by atoms with Crippen molar-refractivity contribution in [1.82, 2.24) is 0 Å². The largest absolute Gasteiger partial charge is 0.369 e. The van der Waals surface area contributed by atoms with E-state index in [2.05, 4.69) is 20.4 Å². The zero-order valence-corrected chi connectivity index (χ0v) is 13.6. The highest BCUT2D eigenvalue weighted by molar-refractivity contribution is 5.82. The molecule has 0 spiro atoms. The smallest absolute Gasteiger partial charge is 0.211 e. The minimum absolute atomic E-state index is 0.0698. The molecule has 0 radical (unpaired) electrons. The SMILES string of the molecule is NC(N)=N/N=C/c1ccc(Cc2ccc(/C=N/N=C(N)N)cc2)cc1. The standard InChI is InChI=1S/C17H20N8/c18-16(19)24-22-10-14-5-1-12(2-6-14)9-13-3-7-15(8-4-13)11-23-25-17(20)21/h1-8,10-11H,9H2,(H4,18,19,24)(H4,20,21,25)/b22-10+,23-11+. The third-order valence-electron chi connectivity index (χ3n) is 3.13. The lowest BCUT2D eigenvalue weighted by Crippen LogP contribution is -2.21. The Morgan fingerprint density at radius 3 is 1.32 bits per heavy atom. The maximum atomic E-state index is 5.21. The van der Waals surface area contributed by atoms with Crippen molar-refractivity contribution in [2.75, 3.05) is 0 Å². The van der Waals surface area contributed by atoms with Crippen LogP contribution in [0.5, 0.6) is 0 Å². The van der Waals surface area contributed by atoms with Crippen LogP contribution in [0.3, 0.4) is 0 Å². The zero-order valence-electron chi connectivity index (χ0n) is 13.6. The second kappa shape index (κ2) is 8.82. The minimum Gasteiger partial charge on any atom is -0.369 e. The van der Waals surface area contributed by atoms with Crippen molar-refractivity contribution < 1.29 is 0 Å². The molecule has 0 saturated carbocycles. The lowest BCUT2D eigenvalue weighted by molar-refractivity contribution is 1.19. The van der Waals surface area contributed by atoms with Crippen molar-refractivity contribution in [3.8, 4) is 0 Å². The van der Waals surface area contributed by atoms with Crippen LogP contribution in [-0.4, -0.2) is 24.3 Å². The summed E-state index contributed by atoms with van der Waals surface area (Å²) in [5.74, 6) is -0.140. The fourth-order valence-electron chi connectivity index (χ4n) is 2.00. The molecule has 0 aromatic heterocycles. The average molecular weight is 336 g/mol. The molecular formula is C17H20N8. The third kappa shape index (κ3) is 6.53. The summed E-state index contributed by atoms with van der Waals surface area (Å²) in [6.45, 7) is 0. The predicted molar refractivity (Wildman–Crippen MR) is 102 cm³/mol. The van der Waals surface area contributed by atoms with Gasteiger partial charge in [-0.2, -0.15) is 10.2 Å². The number of hydrogen-bond acceptors (Lipinski definition) is 4. The molecule has 2 aromatic rings. The molecule has 0 aliphatic rings. The second-order valence-electron chi connectivity index (χ2n) is 5.20. The summed E-state index contributed by atoms with van der Waals surface area (Å²) in [6.07, 6.45) is 4.00. The van der Waals surface area contributed by atoms with Crippen LogP contribution in [0.4, 0.5) is 0 Å². The maximum absolute atomic E-state index is 5.21. The van der Waals surface area contributed by atoms with Crippen LogP contribution in [0.1, 0.15) is 22.3 Å². The van der Waals surface area contributed by atoms with Gasteiger partial charge >= 0.3 is 0 Å². The van der Waals surface area contributed by atoms with Crippen molar-refractivity contribution in [2.24, 2.45) is 43.3 Å². The van der Waals surface area contributed by atoms with E-state index in [4.69, 9.17) is 22.9 Å². The zero-order chi connectivity index (χ0) is 18.1. The lowest BCUT2D eigenvalue weighted by atomic mass is 10.0. The fourth-order valence-corrected chi connectivity index (χ4v) is 2.00. The molecule has 0 aliphatic carbocycles. The van der Waals surface area contributed by atoms with Gasteiger partial charge in [0.2, 0.25) is 11.9 Å². The van der Waals surface area contributed by atoms with E-state index in [9.17, 15) is 0 Å². The van der Waals surface area contributed by atoms with Gasteiger partial charge in [0.05, 0.1) is 12.4 Å². The predicted octanol–water partition coefficient (Wildman–Crippen LogP) is 0.492. The Kier molecular flexibility index (Phi) is 6.24. The summed E-state index contributed by atoms with van der Waals surface area (Å²) < 4.78 is 0. The maximum Gasteiger partial charge on any atom is 0.211 e. The number of nitrogens with two attached hydrogens (primary N) is 4. The first-order valence-electron chi connectivity index (χ1n) is 7.45. The number of hydrogen-bond donors (Lipinski definition) is 4. The molecule has 0 saturated heterocycles. The van der Waals surface area contributed by atoms with Crippen molar-refractivity contribution in [3.05, 3.63) is 70.8 Å². The average Bonchev–Trinajstić information content (AvgIpc) is 2.57. The van der Waals surface area contributed by atoms with E-state index in [1.165, 1.54) is 11.1 Å². The lowest BCUT2D eigenvalue weighted by Gasteiger charge is -2.03. The first kappa shape index (κ1) is 17.7. The van der Waals surface area contributed by atoms with Gasteiger partial charge in [0.1, 0.15) is 0 Å². The molecule has 2 rings (SSSR count). The number of nitrogens with zero attached hydrogens (tertiary/aromatic N) is 4. The van der Waals surface area contributed by atoms with Gasteiger partial charge in [-0.3, -0.25) is 0 Å². The van der Waals surface area contributed by atoms with E-state index in [1.54, 1.807) is 12.4 Å². The van der Waals surface area contributed by atoms with Gasteiger partial charge in [-0.1, -0.05) is 48.5 Å². The summed E-state index contributed by atoms with van der Waals surface area (Å²) in [6, 6.07) is 16.0. The fraction of sp³-hybridized carbons (Fsp3) is 0.0588. The number of benzene rings is 2. The molecule has 0 amide bonds. The molecule has 0 bridgehead atoms. The first-order chi connectivity index (χ1) is 12.0. The summed E-state index contributed by atoms with van der Waals surface area (Å²) in [5.41, 5.74) is 25.0. The Hall–Kier alpha value is -3.68. The Labute approximate surface area is 145 Å². The van der Waals surface area contributed by atoms with Gasteiger partial charge in [0.15, 0.2) is 0 Å². The molecule has 0 atom stereocenters. The number of rotatable bonds is 6. The summed E-state index contributed by atoms with van der Waals surface area (Å²) in [5, 5.41) is 14.7. The van der Waals surface area contributed by atoms with Gasteiger partial charge in [-0.05, 0) is 28.7 Å². The molecule has 0 heterocycles. The Morgan fingerprint density at radius 2 is 1.00 bits per heavy atom. The first-order valence-corrected chi connectivity index (χ1v) is 7.45. The van der Waals surface area contributed by atoms with Crippen LogP contribution in [-0.2, 0) is 6.42 Å². The Balaban J connectivity index is 1.98. The van der Waals surface area contributed by atoms with E-state index < -0.39 is 0 Å². The van der Waals surface area contributed by atoms with E-state index in [1.807, 2.05) is 48.5 Å². The van der Waals surface area contributed by atoms with Crippen molar-refractivity contribution in [2.45, 2.75) is 6.42 Å². The van der Waals surface area contributed by atoms with Crippen LogP contribution in [0.15, 0.2) is 68.9 Å². The summed E-state index contributed by atoms with van der Waals surface area (Å²) in [4.78, 5) is 0. The van der Waals surface area contributed by atoms with Gasteiger partial charge in [0.25, 0.3) is 0 Å². The summed E-state index contributed by atoms with van der Waals surface area (Å²) in [7, 11) is 0. The van der Waals surface area contributed by atoms with E-state index in [0.29, 0.717) is 0 Å². The topological polar surface area (TPSA) is 154 Å². The van der Waals surface area contributed by atoms with E-state index in [0.717, 1.165) is 17.5 Å². The van der Waals surface area contributed by atoms with Gasteiger partial charge < -0.3 is 22.9 Å². The van der Waals surface area contributed by atoms with Crippen LogP contribution < -0.4 is 22.9 Å². The van der Waals surface area contributed by atoms with Crippen molar-refractivity contribution in [3.63, 3.8) is 0 Å². The van der Waals surface area contributed by atoms with Crippen molar-refractivity contribution >= 4 is 24.3 Å². The molecule has 0 unspecified atom stereocenters. The van der Waals surface area contributed by atoms with Crippen LogP contribution >= 0.6 is 0 Å². The highest BCUT2D eigenvalue weighted by atomic mass is 15.3. The highest BCUT2D eigenvalue weighted by Crippen LogP contribution is 2.11. The number of guanidine groups is 2. The molecular weight excluding hydrogens is 316 g/mol.